The van der Waals surface area contributed by atoms with Gasteiger partial charge in [-0.3, -0.25) is 4.79 Å². The lowest BCUT2D eigenvalue weighted by Crippen LogP contribution is -2.34. The Kier molecular flexibility index (Phi) is 7.23. The van der Waals surface area contributed by atoms with Crippen LogP contribution in [-0.4, -0.2) is 33.3 Å². The van der Waals surface area contributed by atoms with Gasteiger partial charge in [0.25, 0.3) is 0 Å². The Morgan fingerprint density at radius 2 is 1.87 bits per heavy atom. The highest BCUT2D eigenvalue weighted by Gasteiger charge is 2.39. The molecule has 39 heavy (non-hydrogen) atoms. The number of allylic oxidation sites excluding steroid dienone is 1. The molecule has 1 aromatic carbocycles. The minimum Gasteiger partial charge on any atom is -0.375 e. The van der Waals surface area contributed by atoms with Gasteiger partial charge in [0.2, 0.25) is 0 Å². The number of halogens is 4. The molecule has 204 valence electrons. The molecule has 3 heterocycles. The van der Waals surface area contributed by atoms with Gasteiger partial charge in [-0.1, -0.05) is 19.4 Å². The summed E-state index contributed by atoms with van der Waals surface area (Å²) in [5, 5.41) is 9.11. The predicted octanol–water partition coefficient (Wildman–Crippen LogP) is 6.91. The van der Waals surface area contributed by atoms with Crippen LogP contribution in [0.4, 0.5) is 17.6 Å². The summed E-state index contributed by atoms with van der Waals surface area (Å²) in [5.41, 5.74) is 0.533. The summed E-state index contributed by atoms with van der Waals surface area (Å²) in [4.78, 5) is 19.6. The third-order valence-electron chi connectivity index (χ3n) is 8.30. The zero-order valence-corrected chi connectivity index (χ0v) is 21.8. The van der Waals surface area contributed by atoms with E-state index < -0.39 is 29.8 Å². The highest BCUT2D eigenvalue weighted by molar-refractivity contribution is 5.99. The number of aromatic nitrogens is 2. The molecule has 2 aliphatic rings. The molecule has 0 bridgehead atoms. The van der Waals surface area contributed by atoms with Crippen LogP contribution in [0.15, 0.2) is 42.9 Å². The average molecular weight is 539 g/mol. The Bertz CT molecular complexity index is 1470. The molecule has 0 amide bonds. The summed E-state index contributed by atoms with van der Waals surface area (Å²) in [7, 11) is 1.68. The summed E-state index contributed by atoms with van der Waals surface area (Å²) < 4.78 is 59.3. The molecule has 0 unspecified atom stereocenters. The van der Waals surface area contributed by atoms with Crippen molar-refractivity contribution in [2.45, 2.75) is 57.0 Å². The number of rotatable bonds is 6. The van der Waals surface area contributed by atoms with Crippen LogP contribution in [0, 0.1) is 23.1 Å². The van der Waals surface area contributed by atoms with Gasteiger partial charge in [0, 0.05) is 55.6 Å². The van der Waals surface area contributed by atoms with Crippen molar-refractivity contribution < 1.29 is 22.4 Å². The van der Waals surface area contributed by atoms with Crippen molar-refractivity contribution in [3.05, 3.63) is 76.5 Å². The molecule has 9 heteroatoms. The number of Topliss-reactive ketones (excluding diaryl/α,β-unsaturated/α-hetero) is 1. The van der Waals surface area contributed by atoms with E-state index in [9.17, 15) is 22.4 Å². The van der Waals surface area contributed by atoms with Crippen molar-refractivity contribution in [1.29, 1.82) is 5.26 Å². The van der Waals surface area contributed by atoms with Crippen LogP contribution in [0.1, 0.15) is 77.1 Å². The first-order valence-electron chi connectivity index (χ1n) is 13.3. The normalized spacial score (nSPS) is 17.1. The Morgan fingerprint density at radius 1 is 1.18 bits per heavy atom. The molecule has 2 aromatic heterocycles. The molecule has 5 nitrogen and oxygen atoms in total. The van der Waals surface area contributed by atoms with E-state index in [1.807, 2.05) is 0 Å². The average Bonchev–Trinajstić information content (AvgIpc) is 3.56. The van der Waals surface area contributed by atoms with Crippen LogP contribution in [0.3, 0.4) is 0 Å². The van der Waals surface area contributed by atoms with Gasteiger partial charge in [0.15, 0.2) is 5.78 Å². The summed E-state index contributed by atoms with van der Waals surface area (Å²) in [6, 6.07) is 4.88. The van der Waals surface area contributed by atoms with Crippen molar-refractivity contribution in [3.63, 3.8) is 0 Å². The SMILES string of the molecule is C=C(C1CCCC1)N1CCC(c2cn(C)c3ncc(CC(=O)c4ccc(F)c(C#N)c4)c(C(F)(F)F)c23)CC1. The second-order valence-electron chi connectivity index (χ2n) is 10.7. The standard InChI is InChI=1S/C30H30F4N4O/c1-18(19-5-3-4-6-19)38-11-9-20(10-12-38)24-17-37(2)29-27(24)28(30(32,33)34)23(16-36-29)14-26(39)21-7-8-25(31)22(13-21)15-35/h7-8,13,16-17,19-20H,1,3-6,9-12,14H2,2H3. The van der Waals surface area contributed by atoms with Crippen LogP contribution in [0.5, 0.6) is 0 Å². The molecule has 0 atom stereocenters. The van der Waals surface area contributed by atoms with E-state index in [0.29, 0.717) is 24.3 Å². The summed E-state index contributed by atoms with van der Waals surface area (Å²) >= 11 is 0. The van der Waals surface area contributed by atoms with Gasteiger partial charge >= 0.3 is 6.18 Å². The predicted molar refractivity (Wildman–Crippen MR) is 140 cm³/mol. The molecule has 0 N–H and O–H groups in total. The largest absolute Gasteiger partial charge is 0.417 e. The molecule has 0 radical (unpaired) electrons. The number of aryl methyl sites for hydroxylation is 1. The topological polar surface area (TPSA) is 61.9 Å². The summed E-state index contributed by atoms with van der Waals surface area (Å²) in [5.74, 6) is -1.01. The molecule has 1 saturated carbocycles. The summed E-state index contributed by atoms with van der Waals surface area (Å²) in [6.07, 6.45) is 3.71. The number of fused-ring (bicyclic) bond motifs is 1. The maximum Gasteiger partial charge on any atom is 0.417 e. The first-order valence-corrected chi connectivity index (χ1v) is 13.3. The molecule has 3 aromatic rings. The van der Waals surface area contributed by atoms with Crippen LogP contribution in [0.2, 0.25) is 0 Å². The van der Waals surface area contributed by atoms with Crippen LogP contribution < -0.4 is 0 Å². The van der Waals surface area contributed by atoms with Crippen molar-refractivity contribution in [2.75, 3.05) is 13.1 Å². The fourth-order valence-corrected chi connectivity index (χ4v) is 6.24. The van der Waals surface area contributed by atoms with Crippen LogP contribution >= 0.6 is 0 Å². The number of benzene rings is 1. The van der Waals surface area contributed by atoms with E-state index in [2.05, 4.69) is 16.5 Å². The van der Waals surface area contributed by atoms with Gasteiger partial charge in [-0.25, -0.2) is 9.37 Å². The Morgan fingerprint density at radius 3 is 2.51 bits per heavy atom. The van der Waals surface area contributed by atoms with Crippen LogP contribution in [-0.2, 0) is 19.6 Å². The zero-order chi connectivity index (χ0) is 27.9. The Labute approximate surface area is 224 Å². The number of ketones is 1. The second-order valence-corrected chi connectivity index (χ2v) is 10.7. The van der Waals surface area contributed by atoms with E-state index in [4.69, 9.17) is 5.26 Å². The highest BCUT2D eigenvalue weighted by atomic mass is 19.4. The molecule has 1 saturated heterocycles. The zero-order valence-electron chi connectivity index (χ0n) is 21.8. The van der Waals surface area contributed by atoms with Gasteiger partial charge in [-0.05, 0) is 66.8 Å². The van der Waals surface area contributed by atoms with E-state index in [-0.39, 0.29) is 33.6 Å². The fraction of sp³-hybridized carbons (Fsp3) is 0.433. The van der Waals surface area contributed by atoms with E-state index in [1.165, 1.54) is 18.9 Å². The lowest BCUT2D eigenvalue weighted by atomic mass is 9.86. The molecule has 1 aliphatic carbocycles. The monoisotopic (exact) mass is 538 g/mol. The number of likely N-dealkylation sites (tertiary alicyclic amines) is 1. The molecule has 1 aliphatic heterocycles. The second kappa shape index (κ2) is 10.5. The molecule has 0 spiro atoms. The first-order chi connectivity index (χ1) is 18.6. The molecular formula is C30H30F4N4O. The van der Waals surface area contributed by atoms with Gasteiger partial charge < -0.3 is 9.47 Å². The minimum atomic E-state index is -4.72. The quantitative estimate of drug-likeness (QED) is 0.253. The van der Waals surface area contributed by atoms with Gasteiger partial charge in [0.1, 0.15) is 17.5 Å². The van der Waals surface area contributed by atoms with Crippen molar-refractivity contribution >= 4 is 16.8 Å². The maximum atomic E-state index is 14.6. The third-order valence-corrected chi connectivity index (χ3v) is 8.30. The number of carbonyl (C=O) groups is 1. The van der Waals surface area contributed by atoms with Crippen LogP contribution in [0.25, 0.3) is 11.0 Å². The van der Waals surface area contributed by atoms with Gasteiger partial charge in [-0.15, -0.1) is 0 Å². The highest BCUT2D eigenvalue weighted by Crippen LogP contribution is 2.43. The fourth-order valence-electron chi connectivity index (χ4n) is 6.24. The molecular weight excluding hydrogens is 508 g/mol. The van der Waals surface area contributed by atoms with E-state index in [1.54, 1.807) is 23.9 Å². The molecule has 5 rings (SSSR count). The van der Waals surface area contributed by atoms with Crippen molar-refractivity contribution in [2.24, 2.45) is 13.0 Å². The third kappa shape index (κ3) is 5.17. The number of hydrogen-bond donors (Lipinski definition) is 0. The smallest absolute Gasteiger partial charge is 0.375 e. The van der Waals surface area contributed by atoms with E-state index >= 15 is 0 Å². The summed E-state index contributed by atoms with van der Waals surface area (Å²) in [6.45, 7) is 5.82. The first kappa shape index (κ1) is 26.9. The number of hydrogen-bond acceptors (Lipinski definition) is 4. The number of piperidine rings is 1. The number of alkyl halides is 3. The van der Waals surface area contributed by atoms with Crippen molar-refractivity contribution in [3.8, 4) is 6.07 Å². The Balaban J connectivity index is 1.47. The Hall–Kier alpha value is -3.67. The minimum absolute atomic E-state index is 0.0238. The number of nitriles is 1. The number of pyridine rings is 1. The maximum absolute atomic E-state index is 14.6. The lowest BCUT2D eigenvalue weighted by Gasteiger charge is -2.37. The van der Waals surface area contributed by atoms with Gasteiger partial charge in [-0.2, -0.15) is 18.4 Å². The lowest BCUT2D eigenvalue weighted by molar-refractivity contribution is -0.136. The van der Waals surface area contributed by atoms with E-state index in [0.717, 1.165) is 50.0 Å². The number of nitrogens with zero attached hydrogens (tertiary/aromatic N) is 4. The molecule has 2 fully saturated rings. The van der Waals surface area contributed by atoms with Gasteiger partial charge in [0.05, 0.1) is 11.1 Å². The number of carbonyl (C=O) groups excluding carboxylic acids is 1. The van der Waals surface area contributed by atoms with Crippen molar-refractivity contribution in [1.82, 2.24) is 14.5 Å².